The van der Waals surface area contributed by atoms with Crippen molar-refractivity contribution in [3.8, 4) is 5.69 Å². The predicted octanol–water partition coefficient (Wildman–Crippen LogP) is 3.68. The number of ketones is 1. The maximum Gasteiger partial charge on any atom is 0.214 e. The van der Waals surface area contributed by atoms with E-state index in [2.05, 4.69) is 15.5 Å². The van der Waals surface area contributed by atoms with Gasteiger partial charge in [0.05, 0.1) is 5.69 Å². The number of nitrogens with zero attached hydrogens (tertiary/aromatic N) is 4. The lowest BCUT2D eigenvalue weighted by atomic mass is 10.1. The molecule has 0 saturated heterocycles. The second-order valence-electron chi connectivity index (χ2n) is 4.74. The first kappa shape index (κ1) is 15.7. The van der Waals surface area contributed by atoms with Gasteiger partial charge in [-0.1, -0.05) is 41.6 Å². The Morgan fingerprint density at radius 1 is 1.09 bits per heavy atom. The van der Waals surface area contributed by atoms with Crippen LogP contribution in [-0.4, -0.2) is 31.7 Å². The lowest BCUT2D eigenvalue weighted by Crippen LogP contribution is -2.02. The third-order valence-corrected chi connectivity index (χ3v) is 4.34. The number of carbonyl (C=O) groups is 1. The molecule has 7 heteroatoms. The first-order chi connectivity index (χ1) is 11.2. The van der Waals surface area contributed by atoms with Crippen LogP contribution >= 0.6 is 23.4 Å². The highest BCUT2D eigenvalue weighted by Crippen LogP contribution is 2.20. The van der Waals surface area contributed by atoms with E-state index in [1.54, 1.807) is 28.9 Å². The first-order valence-electron chi connectivity index (χ1n) is 6.99. The van der Waals surface area contributed by atoms with Gasteiger partial charge in [0.2, 0.25) is 5.16 Å². The van der Waals surface area contributed by atoms with E-state index in [9.17, 15) is 4.79 Å². The zero-order valence-electron chi connectivity index (χ0n) is 12.1. The Labute approximate surface area is 142 Å². The van der Waals surface area contributed by atoms with Crippen molar-refractivity contribution in [1.29, 1.82) is 0 Å². The molecule has 0 aliphatic carbocycles. The predicted molar refractivity (Wildman–Crippen MR) is 90.3 cm³/mol. The number of tetrazole rings is 1. The largest absolute Gasteiger partial charge is 0.294 e. The van der Waals surface area contributed by atoms with E-state index in [1.807, 2.05) is 30.3 Å². The van der Waals surface area contributed by atoms with Crippen molar-refractivity contribution in [2.45, 2.75) is 11.6 Å². The van der Waals surface area contributed by atoms with Gasteiger partial charge < -0.3 is 0 Å². The summed E-state index contributed by atoms with van der Waals surface area (Å²) in [5, 5.41) is 13.0. The molecule has 0 radical (unpaired) electrons. The molecule has 0 amide bonds. The lowest BCUT2D eigenvalue weighted by Gasteiger charge is -2.04. The van der Waals surface area contributed by atoms with Gasteiger partial charge >= 0.3 is 0 Å². The highest BCUT2D eigenvalue weighted by Gasteiger charge is 2.11. The van der Waals surface area contributed by atoms with Gasteiger partial charge in [-0.25, -0.2) is 0 Å². The van der Waals surface area contributed by atoms with E-state index in [-0.39, 0.29) is 5.78 Å². The molecule has 3 aromatic rings. The average Bonchev–Trinajstić information content (AvgIpc) is 3.05. The van der Waals surface area contributed by atoms with Crippen LogP contribution in [0.25, 0.3) is 5.69 Å². The van der Waals surface area contributed by atoms with Crippen molar-refractivity contribution in [2.24, 2.45) is 0 Å². The van der Waals surface area contributed by atoms with Gasteiger partial charge in [-0.3, -0.25) is 4.79 Å². The number of hydrogen-bond acceptors (Lipinski definition) is 5. The molecule has 0 bridgehead atoms. The molecule has 23 heavy (non-hydrogen) atoms. The van der Waals surface area contributed by atoms with E-state index in [0.717, 1.165) is 5.69 Å². The first-order valence-corrected chi connectivity index (χ1v) is 8.36. The van der Waals surface area contributed by atoms with E-state index < -0.39 is 0 Å². The van der Waals surface area contributed by atoms with Crippen molar-refractivity contribution < 1.29 is 4.79 Å². The number of para-hydroxylation sites is 1. The highest BCUT2D eigenvalue weighted by molar-refractivity contribution is 7.99. The molecule has 0 aliphatic heterocycles. The van der Waals surface area contributed by atoms with E-state index in [1.165, 1.54) is 11.8 Å². The second-order valence-corrected chi connectivity index (χ2v) is 6.24. The standard InChI is InChI=1S/C16H13ClN4OS/c17-13-8-6-12(7-9-13)15(22)10-11-23-16-18-19-20-21(16)14-4-2-1-3-5-14/h1-9H,10-11H2. The van der Waals surface area contributed by atoms with Crippen LogP contribution in [0.15, 0.2) is 59.8 Å². The Balaban J connectivity index is 1.60. The number of halogens is 1. The zero-order chi connectivity index (χ0) is 16.1. The van der Waals surface area contributed by atoms with Crippen LogP contribution in [0.4, 0.5) is 0 Å². The molecule has 0 N–H and O–H groups in total. The monoisotopic (exact) mass is 344 g/mol. The maximum atomic E-state index is 12.1. The topological polar surface area (TPSA) is 60.7 Å². The molecule has 0 unspecified atom stereocenters. The third kappa shape index (κ3) is 3.97. The van der Waals surface area contributed by atoms with Gasteiger partial charge in [-0.2, -0.15) is 4.68 Å². The van der Waals surface area contributed by atoms with Crippen LogP contribution in [0.2, 0.25) is 5.02 Å². The van der Waals surface area contributed by atoms with Gasteiger partial charge in [-0.05, 0) is 46.8 Å². The minimum absolute atomic E-state index is 0.0768. The summed E-state index contributed by atoms with van der Waals surface area (Å²) in [5.74, 6) is 0.683. The quantitative estimate of drug-likeness (QED) is 0.504. The molecule has 0 aliphatic rings. The molecule has 1 aromatic heterocycles. The summed E-state index contributed by atoms with van der Waals surface area (Å²) in [7, 11) is 0. The minimum atomic E-state index is 0.0768. The third-order valence-electron chi connectivity index (χ3n) is 3.17. The fourth-order valence-electron chi connectivity index (χ4n) is 2.02. The van der Waals surface area contributed by atoms with Gasteiger partial charge in [0, 0.05) is 22.8 Å². The summed E-state index contributed by atoms with van der Waals surface area (Å²) in [6.45, 7) is 0. The number of benzene rings is 2. The van der Waals surface area contributed by atoms with E-state index in [0.29, 0.717) is 27.9 Å². The number of aromatic nitrogens is 4. The molecule has 5 nitrogen and oxygen atoms in total. The fourth-order valence-corrected chi connectivity index (χ4v) is 2.97. The molecule has 116 valence electrons. The van der Waals surface area contributed by atoms with Crippen molar-refractivity contribution in [3.63, 3.8) is 0 Å². The van der Waals surface area contributed by atoms with Crippen molar-refractivity contribution in [1.82, 2.24) is 20.2 Å². The summed E-state index contributed by atoms with van der Waals surface area (Å²) in [6.07, 6.45) is 0.411. The molecule has 3 rings (SSSR count). The summed E-state index contributed by atoms with van der Waals surface area (Å²) in [6, 6.07) is 16.6. The molecular weight excluding hydrogens is 332 g/mol. The number of hydrogen-bond donors (Lipinski definition) is 0. The van der Waals surface area contributed by atoms with Gasteiger partial charge in [0.25, 0.3) is 0 Å². The lowest BCUT2D eigenvalue weighted by molar-refractivity contribution is 0.0989. The summed E-state index contributed by atoms with van der Waals surface area (Å²) < 4.78 is 1.66. The number of thioether (sulfide) groups is 1. The highest BCUT2D eigenvalue weighted by atomic mass is 35.5. The molecule has 2 aromatic carbocycles. The Kier molecular flexibility index (Phi) is 5.05. The SMILES string of the molecule is O=C(CCSc1nnnn1-c1ccccc1)c1ccc(Cl)cc1. The Morgan fingerprint density at radius 3 is 2.57 bits per heavy atom. The number of rotatable bonds is 6. The number of carbonyl (C=O) groups excluding carboxylic acids is 1. The van der Waals surface area contributed by atoms with Crippen LogP contribution < -0.4 is 0 Å². The Morgan fingerprint density at radius 2 is 1.83 bits per heavy atom. The molecule has 0 fully saturated rings. The van der Waals surface area contributed by atoms with Gasteiger partial charge in [0.15, 0.2) is 5.78 Å². The molecule has 0 saturated carbocycles. The number of Topliss-reactive ketones (excluding diaryl/α,β-unsaturated/α-hetero) is 1. The van der Waals surface area contributed by atoms with Crippen LogP contribution in [0.5, 0.6) is 0 Å². The molecular formula is C16H13ClN4OS. The second kappa shape index (κ2) is 7.39. The van der Waals surface area contributed by atoms with Crippen LogP contribution in [0.3, 0.4) is 0 Å². The summed E-state index contributed by atoms with van der Waals surface area (Å²) >= 11 is 7.28. The Hall–Kier alpha value is -2.18. The van der Waals surface area contributed by atoms with Crippen molar-refractivity contribution >= 4 is 29.1 Å². The van der Waals surface area contributed by atoms with E-state index >= 15 is 0 Å². The van der Waals surface area contributed by atoms with Crippen molar-refractivity contribution in [3.05, 3.63) is 65.2 Å². The summed E-state index contributed by atoms with van der Waals surface area (Å²) in [4.78, 5) is 12.1. The van der Waals surface area contributed by atoms with Crippen molar-refractivity contribution in [2.75, 3.05) is 5.75 Å². The smallest absolute Gasteiger partial charge is 0.214 e. The zero-order valence-corrected chi connectivity index (χ0v) is 13.7. The van der Waals surface area contributed by atoms with Crippen LogP contribution in [0, 0.1) is 0 Å². The van der Waals surface area contributed by atoms with Crippen LogP contribution in [-0.2, 0) is 0 Å². The van der Waals surface area contributed by atoms with Crippen LogP contribution in [0.1, 0.15) is 16.8 Å². The minimum Gasteiger partial charge on any atom is -0.294 e. The molecule has 0 spiro atoms. The Bertz CT molecular complexity index is 789. The fraction of sp³-hybridized carbons (Fsp3) is 0.125. The molecule has 1 heterocycles. The summed E-state index contributed by atoms with van der Waals surface area (Å²) in [5.41, 5.74) is 1.56. The van der Waals surface area contributed by atoms with Gasteiger partial charge in [0.1, 0.15) is 0 Å². The maximum absolute atomic E-state index is 12.1. The normalized spacial score (nSPS) is 10.7. The van der Waals surface area contributed by atoms with Gasteiger partial charge in [-0.15, -0.1) is 5.10 Å². The molecule has 0 atom stereocenters. The van der Waals surface area contributed by atoms with E-state index in [4.69, 9.17) is 11.6 Å². The average molecular weight is 345 g/mol.